The second-order valence-corrected chi connectivity index (χ2v) is 26.6. The number of hydrogen-bond donors (Lipinski definition) is 0. The van der Waals surface area contributed by atoms with Gasteiger partial charge in [-0.3, -0.25) is 0 Å². The second kappa shape index (κ2) is 18.7. The average molecular weight is 1010 g/mol. The molecule has 11 rings (SSSR count). The maximum absolute atomic E-state index is 5.42. The number of aromatic nitrogens is 4. The van der Waals surface area contributed by atoms with Crippen molar-refractivity contribution in [3.8, 4) is 32.7 Å². The van der Waals surface area contributed by atoms with Crippen molar-refractivity contribution in [3.63, 3.8) is 0 Å². The largest absolute Gasteiger partial charge is 0.173 e. The summed E-state index contributed by atoms with van der Waals surface area (Å²) in [6, 6.07) is 15.9. The van der Waals surface area contributed by atoms with Crippen molar-refractivity contribution in [3.05, 3.63) is 90.0 Å². The van der Waals surface area contributed by atoms with Gasteiger partial charge < -0.3 is 0 Å². The lowest BCUT2D eigenvalue weighted by Gasteiger charge is -2.35. The predicted octanol–water partition coefficient (Wildman–Crippen LogP) is 20.0. The Morgan fingerprint density at radius 1 is 0.400 bits per heavy atom. The molecule has 3 aromatic carbocycles. The van der Waals surface area contributed by atoms with Gasteiger partial charge in [-0.1, -0.05) is 164 Å². The highest BCUT2D eigenvalue weighted by molar-refractivity contribution is 7.17. The molecule has 0 aliphatic heterocycles. The first-order valence-corrected chi connectivity index (χ1v) is 30.7. The quantitative estimate of drug-likeness (QED) is 0.0673. The maximum Gasteiger partial charge on any atom is 0.114 e. The fourth-order valence-corrected chi connectivity index (χ4v) is 18.5. The van der Waals surface area contributed by atoms with E-state index in [1.807, 2.05) is 22.7 Å². The molecule has 0 saturated carbocycles. The molecule has 0 saturated heterocycles. The Morgan fingerprint density at radius 2 is 0.814 bits per heavy atom. The SMILES string of the molecule is CCCCCCC1(CCCCCC)c2cc3c(cc2-c2c1cc(C)c1nsnc21)C(CCCCCC)(CCCCCC)c1cc(-c2cc4c(s2)C2=C(c5sc(C)cc5C2(C)C)C4(C)C)c2nsnc2c1-3. The lowest BCUT2D eigenvalue weighted by Crippen LogP contribution is -2.27. The third-order valence-corrected chi connectivity index (χ3v) is 21.3. The molecule has 70 heavy (non-hydrogen) atoms. The molecule has 0 unspecified atom stereocenters. The Balaban J connectivity index is 1.16. The van der Waals surface area contributed by atoms with E-state index in [2.05, 4.69) is 106 Å². The zero-order chi connectivity index (χ0) is 48.7. The van der Waals surface area contributed by atoms with Gasteiger partial charge in [0, 0.05) is 57.9 Å². The van der Waals surface area contributed by atoms with E-state index in [0.717, 1.165) is 34.9 Å². The van der Waals surface area contributed by atoms with Crippen molar-refractivity contribution >= 4 is 79.3 Å². The Bertz CT molecular complexity index is 3140. The summed E-state index contributed by atoms with van der Waals surface area (Å²) in [7, 11) is 0. The van der Waals surface area contributed by atoms with Crippen LogP contribution in [0.3, 0.4) is 0 Å². The zero-order valence-electron chi connectivity index (χ0n) is 44.0. The molecule has 4 nitrogen and oxygen atoms in total. The number of rotatable bonds is 21. The van der Waals surface area contributed by atoms with E-state index in [-0.39, 0.29) is 21.7 Å². The molecule has 4 aromatic heterocycles. The van der Waals surface area contributed by atoms with Gasteiger partial charge >= 0.3 is 0 Å². The summed E-state index contributed by atoms with van der Waals surface area (Å²) in [5.74, 6) is 0. The topological polar surface area (TPSA) is 51.6 Å². The number of benzene rings is 3. The van der Waals surface area contributed by atoms with E-state index in [1.165, 1.54) is 214 Å². The van der Waals surface area contributed by atoms with Gasteiger partial charge in [0.2, 0.25) is 0 Å². The number of allylic oxidation sites excluding steroid dienone is 2. The summed E-state index contributed by atoms with van der Waals surface area (Å²) in [4.78, 5) is 5.79. The Morgan fingerprint density at radius 3 is 1.31 bits per heavy atom. The van der Waals surface area contributed by atoms with Crippen LogP contribution in [-0.2, 0) is 21.7 Å². The van der Waals surface area contributed by atoms with E-state index in [0.29, 0.717) is 0 Å². The zero-order valence-corrected chi connectivity index (χ0v) is 47.3. The van der Waals surface area contributed by atoms with E-state index < -0.39 is 0 Å². The van der Waals surface area contributed by atoms with Crippen LogP contribution >= 0.6 is 46.1 Å². The van der Waals surface area contributed by atoms with E-state index >= 15 is 0 Å². The van der Waals surface area contributed by atoms with Crippen molar-refractivity contribution in [1.82, 2.24) is 17.5 Å². The van der Waals surface area contributed by atoms with Crippen molar-refractivity contribution in [2.24, 2.45) is 0 Å². The maximum atomic E-state index is 5.42. The first-order valence-electron chi connectivity index (χ1n) is 27.6. The summed E-state index contributed by atoms with van der Waals surface area (Å²) in [6.07, 6.45) is 24.9. The van der Waals surface area contributed by atoms with Gasteiger partial charge in [0.15, 0.2) is 0 Å². The smallest absolute Gasteiger partial charge is 0.114 e. The monoisotopic (exact) mass is 1000 g/mol. The molecule has 0 radical (unpaired) electrons. The summed E-state index contributed by atoms with van der Waals surface area (Å²) in [5, 5.41) is 0. The molecule has 0 spiro atoms. The molecule has 7 aromatic rings. The highest BCUT2D eigenvalue weighted by Crippen LogP contribution is 2.68. The molecular formula is C62H76N4S4. The summed E-state index contributed by atoms with van der Waals surface area (Å²) in [5.41, 5.74) is 24.7. The Labute approximate surface area is 435 Å². The van der Waals surface area contributed by atoms with Crippen LogP contribution in [0.25, 0.3) is 65.9 Å². The van der Waals surface area contributed by atoms with Crippen LogP contribution in [0.5, 0.6) is 0 Å². The van der Waals surface area contributed by atoms with Gasteiger partial charge in [0.1, 0.15) is 22.1 Å². The van der Waals surface area contributed by atoms with E-state index in [9.17, 15) is 0 Å². The number of nitrogens with zero attached hydrogens (tertiary/aromatic N) is 4. The molecule has 0 atom stereocenters. The highest BCUT2D eigenvalue weighted by atomic mass is 32.1. The van der Waals surface area contributed by atoms with Crippen LogP contribution in [0.4, 0.5) is 0 Å². The third kappa shape index (κ3) is 7.30. The molecule has 4 aliphatic rings. The molecule has 8 heteroatoms. The standard InChI is InChI=1S/C62H76N4S4/c1-11-15-19-23-27-61(28-24-20-16-12-2)42-34-40-43(33-39(42)49-44(61)31-37(5)53-55(49)65-69-63-53)62(29-25-21-17-13-3,30-26-22-18-14-4)45-35-41(54-56(50(40)45)66-70-64-54)48-36-47-58(68-48)52-51(60(47,9)10)57-46(59(52,7)8)32-38(6)67-57/h31-36H,11-30H2,1-10H3. The number of fused-ring (bicyclic) bond motifs is 14. The molecule has 0 fully saturated rings. The molecule has 0 N–H and O–H groups in total. The van der Waals surface area contributed by atoms with Gasteiger partial charge in [-0.15, -0.1) is 22.7 Å². The van der Waals surface area contributed by atoms with E-state index in [1.54, 1.807) is 22.3 Å². The number of hydrogen-bond acceptors (Lipinski definition) is 8. The van der Waals surface area contributed by atoms with E-state index in [4.69, 9.17) is 17.5 Å². The fourth-order valence-electron chi connectivity index (χ4n) is 14.4. The second-order valence-electron chi connectivity index (χ2n) is 23.2. The Kier molecular flexibility index (Phi) is 13.0. The minimum absolute atomic E-state index is 0.0254. The van der Waals surface area contributed by atoms with Crippen LogP contribution in [0, 0.1) is 13.8 Å². The minimum Gasteiger partial charge on any atom is -0.173 e. The fraction of sp³-hybridized carbons (Fsp3) is 0.548. The van der Waals surface area contributed by atoms with Crippen LogP contribution in [0.1, 0.15) is 237 Å². The van der Waals surface area contributed by atoms with Crippen LogP contribution in [0.15, 0.2) is 36.4 Å². The first kappa shape index (κ1) is 48.7. The van der Waals surface area contributed by atoms with Gasteiger partial charge in [0.25, 0.3) is 0 Å². The summed E-state index contributed by atoms with van der Waals surface area (Å²) < 4.78 is 20.9. The van der Waals surface area contributed by atoms with Crippen LogP contribution in [0.2, 0.25) is 0 Å². The number of aryl methyl sites for hydroxylation is 2. The highest BCUT2D eigenvalue weighted by Gasteiger charge is 2.53. The summed E-state index contributed by atoms with van der Waals surface area (Å²) in [6.45, 7) is 23.9. The van der Waals surface area contributed by atoms with Crippen molar-refractivity contribution < 1.29 is 0 Å². The molecule has 0 amide bonds. The average Bonchev–Trinajstić information content (AvgIpc) is 4.22. The van der Waals surface area contributed by atoms with Gasteiger partial charge in [-0.05, 0) is 131 Å². The van der Waals surface area contributed by atoms with Gasteiger partial charge in [0.05, 0.1) is 23.5 Å². The minimum atomic E-state index is -0.125. The molecule has 4 aliphatic carbocycles. The summed E-state index contributed by atoms with van der Waals surface area (Å²) >= 11 is 6.86. The van der Waals surface area contributed by atoms with Crippen molar-refractivity contribution in [1.29, 1.82) is 0 Å². The number of unbranched alkanes of at least 4 members (excludes halogenated alkanes) is 12. The normalized spacial score (nSPS) is 17.1. The first-order chi connectivity index (χ1) is 33.9. The van der Waals surface area contributed by atoms with Crippen molar-refractivity contribution in [2.75, 3.05) is 0 Å². The van der Waals surface area contributed by atoms with Gasteiger partial charge in [-0.2, -0.15) is 17.5 Å². The van der Waals surface area contributed by atoms with Gasteiger partial charge in [-0.25, -0.2) is 0 Å². The van der Waals surface area contributed by atoms with Crippen LogP contribution < -0.4 is 0 Å². The lowest BCUT2D eigenvalue weighted by molar-refractivity contribution is 0.397. The number of thiophene rings is 2. The van der Waals surface area contributed by atoms with Crippen molar-refractivity contribution in [2.45, 2.75) is 219 Å². The lowest BCUT2D eigenvalue weighted by atomic mass is 9.68. The molecule has 4 heterocycles. The molecule has 368 valence electrons. The Hall–Kier alpha value is -3.56. The van der Waals surface area contributed by atoms with Crippen LogP contribution in [-0.4, -0.2) is 17.5 Å². The predicted molar refractivity (Wildman–Crippen MR) is 306 cm³/mol. The molecular weight excluding hydrogens is 929 g/mol. The molecule has 0 bridgehead atoms. The third-order valence-electron chi connectivity index (χ3n) is 18.0.